The van der Waals surface area contributed by atoms with E-state index in [9.17, 15) is 14.3 Å². The lowest BCUT2D eigenvalue weighted by Crippen LogP contribution is -2.54. The van der Waals surface area contributed by atoms with Crippen LogP contribution in [0.1, 0.15) is 10.4 Å². The molecule has 3 heterocycles. The van der Waals surface area contributed by atoms with Gasteiger partial charge in [0.25, 0.3) is 5.91 Å². The molecule has 0 aliphatic carbocycles. The summed E-state index contributed by atoms with van der Waals surface area (Å²) in [5.74, 6) is 0.0275. The highest BCUT2D eigenvalue weighted by Gasteiger charge is 2.38. The average molecular weight is 490 g/mol. The van der Waals surface area contributed by atoms with Gasteiger partial charge < -0.3 is 14.9 Å². The number of piperazine rings is 1. The van der Waals surface area contributed by atoms with Gasteiger partial charge in [-0.15, -0.1) is 0 Å². The van der Waals surface area contributed by atoms with Gasteiger partial charge >= 0.3 is 0 Å². The molecule has 2 aliphatic heterocycles. The summed E-state index contributed by atoms with van der Waals surface area (Å²) in [6.45, 7) is 3.39. The van der Waals surface area contributed by atoms with Crippen molar-refractivity contribution in [1.29, 1.82) is 0 Å². The molecule has 2 atom stereocenters. The lowest BCUT2D eigenvalue weighted by Gasteiger charge is -2.38. The van der Waals surface area contributed by atoms with E-state index in [-0.39, 0.29) is 17.0 Å². The van der Waals surface area contributed by atoms with Crippen LogP contribution in [-0.2, 0) is 0 Å². The molecular weight excluding hydrogens is 468 g/mol. The van der Waals surface area contributed by atoms with Gasteiger partial charge in [0.1, 0.15) is 18.0 Å². The Bertz CT molecular complexity index is 1190. The van der Waals surface area contributed by atoms with E-state index in [0.29, 0.717) is 66.6 Å². The normalized spacial score (nSPS) is 21.7. The predicted molar refractivity (Wildman–Crippen MR) is 125 cm³/mol. The lowest BCUT2D eigenvalue weighted by atomic mass is 10.1. The Morgan fingerprint density at radius 1 is 1.03 bits per heavy atom. The number of fused-ring (bicyclic) bond motifs is 1. The molecular formula is C23H22Cl2FN5O2. The number of rotatable bonds is 3. The smallest absolute Gasteiger partial charge is 0.253 e. The number of carbonyl (C=O) groups excluding carboxylic acids is 1. The highest BCUT2D eigenvalue weighted by Crippen LogP contribution is 2.31. The summed E-state index contributed by atoms with van der Waals surface area (Å²) < 4.78 is 14.1. The van der Waals surface area contributed by atoms with E-state index in [4.69, 9.17) is 23.2 Å². The van der Waals surface area contributed by atoms with Crippen molar-refractivity contribution in [2.24, 2.45) is 0 Å². The predicted octanol–water partition coefficient (Wildman–Crippen LogP) is 3.08. The zero-order valence-corrected chi connectivity index (χ0v) is 19.2. The van der Waals surface area contributed by atoms with Crippen LogP contribution >= 0.6 is 23.2 Å². The SMILES string of the molecule is O=C(c1ccc(Cl)cc1)N1CCN(C2CN(c3ncnc4cc(Cl)c(F)cc34)CC2O)CC1. The minimum Gasteiger partial charge on any atom is -0.390 e. The first-order valence-corrected chi connectivity index (χ1v) is 11.5. The fraction of sp³-hybridized carbons (Fsp3) is 0.348. The number of aromatic nitrogens is 2. The van der Waals surface area contributed by atoms with Crippen LogP contribution in [0, 0.1) is 5.82 Å². The van der Waals surface area contributed by atoms with Crippen LogP contribution in [0.5, 0.6) is 0 Å². The van der Waals surface area contributed by atoms with Crippen molar-refractivity contribution < 1.29 is 14.3 Å². The van der Waals surface area contributed by atoms with Crippen molar-refractivity contribution in [1.82, 2.24) is 19.8 Å². The molecule has 2 unspecified atom stereocenters. The van der Waals surface area contributed by atoms with Gasteiger partial charge in [0.05, 0.1) is 22.7 Å². The first-order valence-electron chi connectivity index (χ1n) is 10.7. The quantitative estimate of drug-likeness (QED) is 0.609. The Balaban J connectivity index is 1.27. The van der Waals surface area contributed by atoms with E-state index in [0.717, 1.165) is 0 Å². The molecule has 5 rings (SSSR count). The molecule has 0 bridgehead atoms. The van der Waals surface area contributed by atoms with Crippen LogP contribution in [0.25, 0.3) is 10.9 Å². The molecule has 2 fully saturated rings. The van der Waals surface area contributed by atoms with Gasteiger partial charge in [-0.3, -0.25) is 9.69 Å². The number of aliphatic hydroxyl groups is 1. The monoisotopic (exact) mass is 489 g/mol. The molecule has 1 N–H and O–H groups in total. The van der Waals surface area contributed by atoms with Crippen molar-refractivity contribution in [3.8, 4) is 0 Å². The number of hydrogen-bond acceptors (Lipinski definition) is 6. The number of nitrogens with zero attached hydrogens (tertiary/aromatic N) is 5. The Kier molecular flexibility index (Phi) is 6.09. The second-order valence-electron chi connectivity index (χ2n) is 8.36. The molecule has 7 nitrogen and oxygen atoms in total. The summed E-state index contributed by atoms with van der Waals surface area (Å²) in [6, 6.07) is 9.61. The second-order valence-corrected chi connectivity index (χ2v) is 9.20. The molecule has 172 valence electrons. The molecule has 1 aromatic heterocycles. The van der Waals surface area contributed by atoms with Crippen LogP contribution < -0.4 is 4.90 Å². The van der Waals surface area contributed by atoms with Gasteiger partial charge in [0.2, 0.25) is 0 Å². The second kappa shape index (κ2) is 9.02. The first-order chi connectivity index (χ1) is 15.9. The highest BCUT2D eigenvalue weighted by atomic mass is 35.5. The lowest BCUT2D eigenvalue weighted by molar-refractivity contribution is 0.0376. The summed E-state index contributed by atoms with van der Waals surface area (Å²) in [5.41, 5.74) is 1.17. The van der Waals surface area contributed by atoms with E-state index in [1.807, 2.05) is 9.80 Å². The maximum atomic E-state index is 14.1. The standard InChI is InChI=1S/C23H22Cl2FN5O2/c24-15-3-1-14(2-4-15)23(33)30-7-5-29(6-8-30)20-11-31(12-21(20)32)22-16-9-18(26)17(25)10-19(16)27-13-28-22/h1-4,9-10,13,20-21,32H,5-8,11-12H2. The number of carbonyl (C=O) groups is 1. The number of hydrogen-bond donors (Lipinski definition) is 1. The van der Waals surface area contributed by atoms with Gasteiger partial charge in [0, 0.05) is 55.2 Å². The molecule has 2 saturated heterocycles. The molecule has 1 amide bonds. The van der Waals surface area contributed by atoms with Crippen molar-refractivity contribution in [3.05, 3.63) is 64.2 Å². The van der Waals surface area contributed by atoms with E-state index >= 15 is 0 Å². The third-order valence-corrected chi connectivity index (χ3v) is 6.92. The minimum absolute atomic E-state index is 0.0116. The number of aliphatic hydroxyl groups excluding tert-OH is 1. The molecule has 0 spiro atoms. The van der Waals surface area contributed by atoms with Gasteiger partial charge in [0.15, 0.2) is 0 Å². The van der Waals surface area contributed by atoms with Crippen molar-refractivity contribution in [2.75, 3.05) is 44.2 Å². The summed E-state index contributed by atoms with van der Waals surface area (Å²) in [4.78, 5) is 27.3. The highest BCUT2D eigenvalue weighted by molar-refractivity contribution is 6.31. The third-order valence-electron chi connectivity index (χ3n) is 6.38. The zero-order chi connectivity index (χ0) is 23.1. The van der Waals surface area contributed by atoms with Crippen molar-refractivity contribution >= 4 is 45.8 Å². The van der Waals surface area contributed by atoms with Crippen LogP contribution in [0.2, 0.25) is 10.0 Å². The van der Waals surface area contributed by atoms with Crippen LogP contribution in [0.3, 0.4) is 0 Å². The minimum atomic E-state index is -0.592. The van der Waals surface area contributed by atoms with Crippen molar-refractivity contribution in [3.63, 3.8) is 0 Å². The topological polar surface area (TPSA) is 72.8 Å². The van der Waals surface area contributed by atoms with E-state index < -0.39 is 11.9 Å². The van der Waals surface area contributed by atoms with E-state index in [2.05, 4.69) is 14.9 Å². The fourth-order valence-electron chi connectivity index (χ4n) is 4.62. The van der Waals surface area contributed by atoms with E-state index in [1.165, 1.54) is 18.5 Å². The fourth-order valence-corrected chi connectivity index (χ4v) is 4.91. The Morgan fingerprint density at radius 3 is 2.48 bits per heavy atom. The van der Waals surface area contributed by atoms with Gasteiger partial charge in [-0.25, -0.2) is 14.4 Å². The molecule has 2 aromatic carbocycles. The maximum Gasteiger partial charge on any atom is 0.253 e. The number of β-amino-alcohol motifs (C(OH)–C–C–N with tert-alkyl or cyclic N) is 1. The van der Waals surface area contributed by atoms with Gasteiger partial charge in [-0.05, 0) is 36.4 Å². The number of halogens is 3. The van der Waals surface area contributed by atoms with E-state index in [1.54, 1.807) is 24.3 Å². The number of amides is 1. The van der Waals surface area contributed by atoms with Crippen LogP contribution in [0.15, 0.2) is 42.7 Å². The maximum absolute atomic E-state index is 14.1. The molecule has 0 radical (unpaired) electrons. The molecule has 10 heteroatoms. The first kappa shape index (κ1) is 22.3. The zero-order valence-electron chi connectivity index (χ0n) is 17.7. The molecule has 33 heavy (non-hydrogen) atoms. The van der Waals surface area contributed by atoms with Gasteiger partial charge in [-0.1, -0.05) is 23.2 Å². The molecule has 0 saturated carbocycles. The average Bonchev–Trinajstić information content (AvgIpc) is 3.21. The van der Waals surface area contributed by atoms with Crippen LogP contribution in [0.4, 0.5) is 10.2 Å². The number of anilines is 1. The summed E-state index contributed by atoms with van der Waals surface area (Å²) in [6.07, 6.45) is 0.831. The largest absolute Gasteiger partial charge is 0.390 e. The van der Waals surface area contributed by atoms with Crippen molar-refractivity contribution in [2.45, 2.75) is 12.1 Å². The number of benzene rings is 2. The molecule has 2 aliphatic rings. The molecule has 3 aromatic rings. The van der Waals surface area contributed by atoms with Crippen LogP contribution in [-0.4, -0.2) is 82.2 Å². The summed E-state index contributed by atoms with van der Waals surface area (Å²) in [5, 5.41) is 12.0. The Morgan fingerprint density at radius 2 is 1.76 bits per heavy atom. The van der Waals surface area contributed by atoms with Gasteiger partial charge in [-0.2, -0.15) is 0 Å². The summed E-state index contributed by atoms with van der Waals surface area (Å²) in [7, 11) is 0. The Labute approximate surface area is 200 Å². The summed E-state index contributed by atoms with van der Waals surface area (Å²) >= 11 is 11.8. The third kappa shape index (κ3) is 4.36. The Hall–Kier alpha value is -2.52.